The van der Waals surface area contributed by atoms with E-state index in [1.165, 1.54) is 30.7 Å². The van der Waals surface area contributed by atoms with Gasteiger partial charge in [0.15, 0.2) is 0 Å². The number of likely N-dealkylation sites (tertiary alicyclic amines) is 1. The van der Waals surface area contributed by atoms with Gasteiger partial charge in [-0.05, 0) is 43.9 Å². The van der Waals surface area contributed by atoms with Crippen molar-refractivity contribution < 1.29 is 18.9 Å². The predicted molar refractivity (Wildman–Crippen MR) is 127 cm³/mol. The zero-order valence-corrected chi connectivity index (χ0v) is 19.7. The number of hydrogen-bond donors (Lipinski definition) is 1. The van der Waals surface area contributed by atoms with Crippen molar-refractivity contribution in [3.8, 4) is 0 Å². The molecule has 1 saturated heterocycles. The lowest BCUT2D eigenvalue weighted by atomic mass is 9.87. The molecule has 2 aromatic carbocycles. The van der Waals surface area contributed by atoms with Crippen LogP contribution in [0.5, 0.6) is 0 Å². The van der Waals surface area contributed by atoms with Gasteiger partial charge in [0.05, 0.1) is 10.5 Å². The van der Waals surface area contributed by atoms with E-state index in [1.807, 2.05) is 4.90 Å². The lowest BCUT2D eigenvalue weighted by Gasteiger charge is -2.35. The van der Waals surface area contributed by atoms with Gasteiger partial charge in [-0.1, -0.05) is 43.2 Å². The standard InChI is InChI=1S/C25H28FN3O4S/c26-21-8-4-5-9-23(21)34-22-11-10-19(29(32)33)16-20(22)24(30)27-18-12-14-28(15-13-18)25(31)17-6-2-1-3-7-17/h4-5,8-11,16-18H,1-3,6-7,12-15H2,(H,27,30). The summed E-state index contributed by atoms with van der Waals surface area (Å²) >= 11 is 1.06. The Kier molecular flexibility index (Phi) is 7.82. The van der Waals surface area contributed by atoms with Crippen molar-refractivity contribution in [2.24, 2.45) is 5.92 Å². The third-order valence-electron chi connectivity index (χ3n) is 6.57. The third kappa shape index (κ3) is 5.75. The highest BCUT2D eigenvalue weighted by Gasteiger charge is 2.30. The molecule has 0 bridgehead atoms. The number of nitrogens with zero attached hydrogens (tertiary/aromatic N) is 2. The van der Waals surface area contributed by atoms with E-state index in [-0.39, 0.29) is 29.1 Å². The summed E-state index contributed by atoms with van der Waals surface area (Å²) < 4.78 is 14.2. The van der Waals surface area contributed by atoms with Crippen molar-refractivity contribution in [1.29, 1.82) is 0 Å². The molecule has 9 heteroatoms. The number of piperidine rings is 1. The number of non-ortho nitro benzene ring substituents is 1. The van der Waals surface area contributed by atoms with Crippen LogP contribution >= 0.6 is 11.8 Å². The van der Waals surface area contributed by atoms with Gasteiger partial charge in [-0.2, -0.15) is 0 Å². The molecule has 1 N–H and O–H groups in total. The fraction of sp³-hybridized carbons (Fsp3) is 0.440. The minimum absolute atomic E-state index is 0.128. The van der Waals surface area contributed by atoms with Gasteiger partial charge in [0.25, 0.3) is 11.6 Å². The monoisotopic (exact) mass is 485 g/mol. The summed E-state index contributed by atoms with van der Waals surface area (Å²) in [7, 11) is 0. The second-order valence-electron chi connectivity index (χ2n) is 8.88. The first-order chi connectivity index (χ1) is 16.4. The smallest absolute Gasteiger partial charge is 0.270 e. The quantitative estimate of drug-likeness (QED) is 0.449. The van der Waals surface area contributed by atoms with E-state index in [4.69, 9.17) is 0 Å². The molecule has 1 heterocycles. The second-order valence-corrected chi connectivity index (χ2v) is 9.96. The number of nitro benzene ring substituents is 1. The SMILES string of the molecule is O=C(NC1CCN(C(=O)C2CCCCC2)CC1)c1cc([N+](=O)[O-])ccc1Sc1ccccc1F. The highest BCUT2D eigenvalue weighted by molar-refractivity contribution is 7.99. The molecule has 34 heavy (non-hydrogen) atoms. The summed E-state index contributed by atoms with van der Waals surface area (Å²) in [5.41, 5.74) is -0.0564. The third-order valence-corrected chi connectivity index (χ3v) is 7.70. The average molecular weight is 486 g/mol. The number of nitro groups is 1. The van der Waals surface area contributed by atoms with Crippen LogP contribution in [0.2, 0.25) is 0 Å². The first-order valence-corrected chi connectivity index (χ1v) is 12.5. The van der Waals surface area contributed by atoms with Crippen LogP contribution in [0.4, 0.5) is 10.1 Å². The van der Waals surface area contributed by atoms with Gasteiger partial charge in [-0.3, -0.25) is 19.7 Å². The van der Waals surface area contributed by atoms with E-state index < -0.39 is 16.6 Å². The van der Waals surface area contributed by atoms with E-state index in [0.717, 1.165) is 37.4 Å². The maximum absolute atomic E-state index is 14.2. The Labute approximate surface area is 202 Å². The number of amides is 2. The van der Waals surface area contributed by atoms with Gasteiger partial charge >= 0.3 is 0 Å². The van der Waals surface area contributed by atoms with Crippen LogP contribution in [0, 0.1) is 21.8 Å². The maximum Gasteiger partial charge on any atom is 0.270 e. The molecule has 0 unspecified atom stereocenters. The maximum atomic E-state index is 14.2. The Hall–Kier alpha value is -2.94. The normalized spacial score (nSPS) is 17.4. The number of nitrogens with one attached hydrogen (secondary N) is 1. The Morgan fingerprint density at radius 2 is 1.71 bits per heavy atom. The summed E-state index contributed by atoms with van der Waals surface area (Å²) in [5, 5.41) is 14.3. The number of carbonyl (C=O) groups is 2. The molecule has 1 aliphatic carbocycles. The minimum Gasteiger partial charge on any atom is -0.349 e. The predicted octanol–water partition coefficient (Wildman–Crippen LogP) is 5.19. The Balaban J connectivity index is 1.43. The molecule has 2 amide bonds. The number of benzene rings is 2. The molecule has 7 nitrogen and oxygen atoms in total. The van der Waals surface area contributed by atoms with E-state index in [2.05, 4.69) is 5.32 Å². The molecule has 1 aliphatic heterocycles. The minimum atomic E-state index is -0.552. The Bertz CT molecular complexity index is 1070. The highest BCUT2D eigenvalue weighted by Crippen LogP contribution is 2.34. The molecule has 0 spiro atoms. The van der Waals surface area contributed by atoms with Crippen LogP contribution in [0.15, 0.2) is 52.3 Å². The topological polar surface area (TPSA) is 92.6 Å². The fourth-order valence-electron chi connectivity index (χ4n) is 4.66. The molecule has 0 atom stereocenters. The molecule has 180 valence electrons. The molecule has 0 aromatic heterocycles. The van der Waals surface area contributed by atoms with Crippen molar-refractivity contribution in [3.05, 3.63) is 64.0 Å². The second kappa shape index (κ2) is 11.0. The fourth-order valence-corrected chi connectivity index (χ4v) is 5.61. The lowest BCUT2D eigenvalue weighted by Crippen LogP contribution is -2.48. The lowest BCUT2D eigenvalue weighted by molar-refractivity contribution is -0.384. The van der Waals surface area contributed by atoms with Crippen molar-refractivity contribution in [1.82, 2.24) is 10.2 Å². The van der Waals surface area contributed by atoms with Crippen LogP contribution in [0.1, 0.15) is 55.3 Å². The van der Waals surface area contributed by atoms with Gasteiger partial charge in [0.1, 0.15) is 5.82 Å². The molecule has 2 fully saturated rings. The van der Waals surface area contributed by atoms with Gasteiger partial charge in [-0.15, -0.1) is 0 Å². The number of hydrogen-bond acceptors (Lipinski definition) is 5. The van der Waals surface area contributed by atoms with Gasteiger partial charge in [0, 0.05) is 47.0 Å². The summed E-state index contributed by atoms with van der Waals surface area (Å²) in [6.07, 6.45) is 6.62. The van der Waals surface area contributed by atoms with Crippen LogP contribution < -0.4 is 5.32 Å². The summed E-state index contributed by atoms with van der Waals surface area (Å²) in [4.78, 5) is 39.3. The number of halogens is 1. The van der Waals surface area contributed by atoms with Crippen LogP contribution in [0.3, 0.4) is 0 Å². The van der Waals surface area contributed by atoms with Crippen molar-refractivity contribution in [3.63, 3.8) is 0 Å². The molecule has 0 radical (unpaired) electrons. The van der Waals surface area contributed by atoms with Crippen LogP contribution in [-0.2, 0) is 4.79 Å². The molecule has 2 aliphatic rings. The van der Waals surface area contributed by atoms with Gasteiger partial charge in [0.2, 0.25) is 5.91 Å². The van der Waals surface area contributed by atoms with E-state index in [0.29, 0.717) is 35.7 Å². The van der Waals surface area contributed by atoms with Crippen molar-refractivity contribution in [2.75, 3.05) is 13.1 Å². The molecular formula is C25H28FN3O4S. The Morgan fingerprint density at radius 1 is 1.00 bits per heavy atom. The van der Waals surface area contributed by atoms with Gasteiger partial charge < -0.3 is 10.2 Å². The van der Waals surface area contributed by atoms with Crippen molar-refractivity contribution in [2.45, 2.75) is 60.8 Å². The molecule has 2 aromatic rings. The summed E-state index contributed by atoms with van der Waals surface area (Å²) in [5.74, 6) is -0.499. The number of carbonyl (C=O) groups excluding carboxylic acids is 2. The van der Waals surface area contributed by atoms with Crippen LogP contribution in [-0.4, -0.2) is 40.8 Å². The summed E-state index contributed by atoms with van der Waals surface area (Å²) in [6, 6.07) is 10.1. The molecule has 1 saturated carbocycles. The average Bonchev–Trinajstić information content (AvgIpc) is 2.86. The van der Waals surface area contributed by atoms with E-state index in [9.17, 15) is 24.1 Å². The zero-order valence-electron chi connectivity index (χ0n) is 18.9. The first kappa shape index (κ1) is 24.2. The van der Waals surface area contributed by atoms with E-state index in [1.54, 1.807) is 18.2 Å². The molecule has 4 rings (SSSR count). The Morgan fingerprint density at radius 3 is 2.38 bits per heavy atom. The zero-order chi connectivity index (χ0) is 24.1. The highest BCUT2D eigenvalue weighted by atomic mass is 32.2. The molecular weight excluding hydrogens is 457 g/mol. The first-order valence-electron chi connectivity index (χ1n) is 11.7. The van der Waals surface area contributed by atoms with Crippen molar-refractivity contribution >= 4 is 29.3 Å². The van der Waals surface area contributed by atoms with Crippen LogP contribution in [0.25, 0.3) is 0 Å². The van der Waals surface area contributed by atoms with E-state index >= 15 is 0 Å². The number of rotatable bonds is 6. The summed E-state index contributed by atoms with van der Waals surface area (Å²) in [6.45, 7) is 1.18. The van der Waals surface area contributed by atoms with Gasteiger partial charge in [-0.25, -0.2) is 4.39 Å². The largest absolute Gasteiger partial charge is 0.349 e.